The lowest BCUT2D eigenvalue weighted by Gasteiger charge is -2.35. The Labute approximate surface area is 137 Å². The minimum Gasteiger partial charge on any atom is -0.339 e. The number of carbonyl (C=O) groups excluding carboxylic acids is 2. The number of hydrogen-bond acceptors (Lipinski definition) is 3. The Kier molecular flexibility index (Phi) is 5.28. The third-order valence-electron chi connectivity index (χ3n) is 4.81. The van der Waals surface area contributed by atoms with Crippen LogP contribution in [0.3, 0.4) is 0 Å². The van der Waals surface area contributed by atoms with Crippen molar-refractivity contribution in [3.8, 4) is 0 Å². The molecule has 0 spiro atoms. The average Bonchev–Trinajstić information content (AvgIpc) is 3.13. The minimum absolute atomic E-state index is 0.0628. The predicted molar refractivity (Wildman–Crippen MR) is 89.2 cm³/mol. The molecule has 124 valence electrons. The molecule has 0 radical (unpaired) electrons. The Morgan fingerprint density at radius 3 is 2.39 bits per heavy atom. The molecule has 23 heavy (non-hydrogen) atoms. The predicted octanol–water partition coefficient (Wildman–Crippen LogP) is 1.50. The van der Waals surface area contributed by atoms with E-state index >= 15 is 0 Å². The van der Waals surface area contributed by atoms with Crippen LogP contribution in [0.4, 0.5) is 0 Å². The van der Waals surface area contributed by atoms with Crippen molar-refractivity contribution in [2.75, 3.05) is 32.7 Å². The number of nitrogens with zero attached hydrogens (tertiary/aromatic N) is 2. The molecule has 2 aliphatic rings. The molecule has 2 heterocycles. The highest BCUT2D eigenvalue weighted by Gasteiger charge is 2.25. The Bertz CT molecular complexity index is 532. The molecule has 5 heteroatoms. The van der Waals surface area contributed by atoms with Gasteiger partial charge in [0.05, 0.1) is 0 Å². The van der Waals surface area contributed by atoms with E-state index in [2.05, 4.69) is 5.32 Å². The molecule has 0 saturated carbocycles. The average molecular weight is 315 g/mol. The normalized spacial score (nSPS) is 21.5. The summed E-state index contributed by atoms with van der Waals surface area (Å²) in [6.07, 6.45) is 3.96. The molecule has 3 rings (SSSR count). The van der Waals surface area contributed by atoms with Crippen molar-refractivity contribution in [2.24, 2.45) is 0 Å². The first kappa shape index (κ1) is 16.0. The van der Waals surface area contributed by atoms with Crippen LogP contribution in [0.5, 0.6) is 0 Å². The van der Waals surface area contributed by atoms with E-state index in [0.29, 0.717) is 38.6 Å². The molecule has 0 bridgehead atoms. The summed E-state index contributed by atoms with van der Waals surface area (Å²) in [7, 11) is 0. The van der Waals surface area contributed by atoms with Crippen molar-refractivity contribution in [3.63, 3.8) is 0 Å². The van der Waals surface area contributed by atoms with Gasteiger partial charge in [-0.25, -0.2) is 0 Å². The summed E-state index contributed by atoms with van der Waals surface area (Å²) in [5.41, 5.74) is 0.722. The Morgan fingerprint density at radius 2 is 1.74 bits per heavy atom. The highest BCUT2D eigenvalue weighted by molar-refractivity contribution is 5.94. The number of carbonyl (C=O) groups is 2. The van der Waals surface area contributed by atoms with Crippen LogP contribution in [0.25, 0.3) is 0 Å². The molecule has 5 nitrogen and oxygen atoms in total. The second kappa shape index (κ2) is 7.59. The molecule has 2 saturated heterocycles. The highest BCUT2D eigenvalue weighted by Crippen LogP contribution is 2.14. The van der Waals surface area contributed by atoms with Crippen molar-refractivity contribution in [1.82, 2.24) is 15.1 Å². The third-order valence-corrected chi connectivity index (χ3v) is 4.81. The standard InChI is InChI=1S/C18H25N3O2/c22-17(9-8-16-7-4-10-19-16)20-11-13-21(14-12-20)18(23)15-5-2-1-3-6-15/h1-3,5-6,16,19H,4,7-14H2. The van der Waals surface area contributed by atoms with Gasteiger partial charge in [-0.1, -0.05) is 18.2 Å². The van der Waals surface area contributed by atoms with E-state index < -0.39 is 0 Å². The quantitative estimate of drug-likeness (QED) is 0.916. The zero-order chi connectivity index (χ0) is 16.1. The minimum atomic E-state index is 0.0628. The second-order valence-corrected chi connectivity index (χ2v) is 6.37. The largest absolute Gasteiger partial charge is 0.339 e. The topological polar surface area (TPSA) is 52.7 Å². The summed E-state index contributed by atoms with van der Waals surface area (Å²) in [5.74, 6) is 0.290. The zero-order valence-electron chi connectivity index (χ0n) is 13.5. The van der Waals surface area contributed by atoms with Crippen LogP contribution in [-0.2, 0) is 4.79 Å². The second-order valence-electron chi connectivity index (χ2n) is 6.37. The Balaban J connectivity index is 1.44. The van der Waals surface area contributed by atoms with E-state index in [-0.39, 0.29) is 11.8 Å². The number of amides is 2. The van der Waals surface area contributed by atoms with Gasteiger partial charge in [0.2, 0.25) is 5.91 Å². The summed E-state index contributed by atoms with van der Waals surface area (Å²) in [4.78, 5) is 28.4. The van der Waals surface area contributed by atoms with Crippen LogP contribution >= 0.6 is 0 Å². The van der Waals surface area contributed by atoms with Gasteiger partial charge < -0.3 is 15.1 Å². The van der Waals surface area contributed by atoms with E-state index in [1.54, 1.807) is 0 Å². The highest BCUT2D eigenvalue weighted by atomic mass is 16.2. The first-order valence-electron chi connectivity index (χ1n) is 8.59. The van der Waals surface area contributed by atoms with Crippen LogP contribution in [0, 0.1) is 0 Å². The fourth-order valence-corrected chi connectivity index (χ4v) is 3.38. The number of benzene rings is 1. The van der Waals surface area contributed by atoms with Crippen LogP contribution in [-0.4, -0.2) is 60.4 Å². The maximum Gasteiger partial charge on any atom is 0.253 e. The lowest BCUT2D eigenvalue weighted by molar-refractivity contribution is -0.132. The maximum absolute atomic E-state index is 12.4. The fraction of sp³-hybridized carbons (Fsp3) is 0.556. The molecule has 1 N–H and O–H groups in total. The summed E-state index contributed by atoms with van der Waals surface area (Å²) in [5, 5.41) is 3.43. The summed E-state index contributed by atoms with van der Waals surface area (Å²) in [6, 6.07) is 9.86. The molecule has 0 aliphatic carbocycles. The monoisotopic (exact) mass is 315 g/mol. The lowest BCUT2D eigenvalue weighted by atomic mass is 10.1. The van der Waals surface area contributed by atoms with Gasteiger partial charge in [0.15, 0.2) is 0 Å². The number of piperazine rings is 1. The van der Waals surface area contributed by atoms with Gasteiger partial charge in [-0.15, -0.1) is 0 Å². The number of rotatable bonds is 4. The van der Waals surface area contributed by atoms with E-state index in [0.717, 1.165) is 18.5 Å². The number of hydrogen-bond donors (Lipinski definition) is 1. The fourth-order valence-electron chi connectivity index (χ4n) is 3.38. The Morgan fingerprint density at radius 1 is 1.04 bits per heavy atom. The molecule has 2 aliphatic heterocycles. The van der Waals surface area contributed by atoms with Gasteiger partial charge in [-0.3, -0.25) is 9.59 Å². The summed E-state index contributed by atoms with van der Waals surface area (Å²) >= 11 is 0. The molecule has 1 aromatic rings. The molecule has 1 unspecified atom stereocenters. The van der Waals surface area contributed by atoms with Crippen molar-refractivity contribution in [2.45, 2.75) is 31.7 Å². The molecular weight excluding hydrogens is 290 g/mol. The first-order chi connectivity index (χ1) is 11.2. The Hall–Kier alpha value is -1.88. The van der Waals surface area contributed by atoms with Crippen LogP contribution in [0.2, 0.25) is 0 Å². The van der Waals surface area contributed by atoms with Gasteiger partial charge >= 0.3 is 0 Å². The van der Waals surface area contributed by atoms with Crippen molar-refractivity contribution in [1.29, 1.82) is 0 Å². The third kappa shape index (κ3) is 4.10. The molecule has 0 aromatic heterocycles. The SMILES string of the molecule is O=C(CCC1CCCN1)N1CCN(C(=O)c2ccccc2)CC1. The molecule has 1 aromatic carbocycles. The molecule has 2 amide bonds. The van der Waals surface area contributed by atoms with Crippen LogP contribution in [0.15, 0.2) is 30.3 Å². The van der Waals surface area contributed by atoms with Gasteiger partial charge in [-0.2, -0.15) is 0 Å². The molecule has 1 atom stereocenters. The first-order valence-corrected chi connectivity index (χ1v) is 8.59. The van der Waals surface area contributed by atoms with Gasteiger partial charge in [0.1, 0.15) is 0 Å². The molecular formula is C18H25N3O2. The van der Waals surface area contributed by atoms with Gasteiger partial charge in [0, 0.05) is 44.2 Å². The van der Waals surface area contributed by atoms with E-state index in [9.17, 15) is 9.59 Å². The lowest BCUT2D eigenvalue weighted by Crippen LogP contribution is -2.50. The van der Waals surface area contributed by atoms with E-state index in [4.69, 9.17) is 0 Å². The van der Waals surface area contributed by atoms with Crippen molar-refractivity contribution in [3.05, 3.63) is 35.9 Å². The smallest absolute Gasteiger partial charge is 0.253 e. The van der Waals surface area contributed by atoms with E-state index in [1.165, 1.54) is 12.8 Å². The van der Waals surface area contributed by atoms with E-state index in [1.807, 2.05) is 40.1 Å². The van der Waals surface area contributed by atoms with Crippen LogP contribution in [0.1, 0.15) is 36.0 Å². The zero-order valence-corrected chi connectivity index (χ0v) is 13.5. The maximum atomic E-state index is 12.4. The van der Waals surface area contributed by atoms with Crippen molar-refractivity contribution >= 4 is 11.8 Å². The van der Waals surface area contributed by atoms with Gasteiger partial charge in [0.25, 0.3) is 5.91 Å². The van der Waals surface area contributed by atoms with Crippen LogP contribution < -0.4 is 5.32 Å². The summed E-state index contributed by atoms with van der Waals surface area (Å²) in [6.45, 7) is 3.63. The summed E-state index contributed by atoms with van der Waals surface area (Å²) < 4.78 is 0. The van der Waals surface area contributed by atoms with Crippen molar-refractivity contribution < 1.29 is 9.59 Å². The van der Waals surface area contributed by atoms with Gasteiger partial charge in [-0.05, 0) is 37.9 Å². The number of nitrogens with one attached hydrogen (secondary N) is 1. The molecule has 2 fully saturated rings.